The van der Waals surface area contributed by atoms with Crippen molar-refractivity contribution in [3.63, 3.8) is 0 Å². The Morgan fingerprint density at radius 3 is 0.934 bits per heavy atom. The van der Waals surface area contributed by atoms with Gasteiger partial charge in [0.15, 0.2) is 5.82 Å². The van der Waals surface area contributed by atoms with Gasteiger partial charge < -0.3 is 27.0 Å². The average Bonchev–Trinajstić information content (AvgIpc) is 1.56. The zero-order valence-corrected chi connectivity index (χ0v) is 56.9. The topological polar surface area (TPSA) is 80.0 Å². The van der Waals surface area contributed by atoms with Gasteiger partial charge in [0.05, 0.1) is 44.3 Å². The van der Waals surface area contributed by atoms with Crippen molar-refractivity contribution < 1.29 is 13.3 Å². The molecule has 23 rings (SSSR count). The first-order valence-electron chi connectivity index (χ1n) is 36.0. The molecule has 106 heavy (non-hydrogen) atoms. The second-order valence-corrected chi connectivity index (χ2v) is 28.0. The van der Waals surface area contributed by atoms with Crippen LogP contribution in [0.4, 0.5) is 0 Å². The van der Waals surface area contributed by atoms with Gasteiger partial charge in [-0.15, -0.1) is 0 Å². The molecule has 8 nitrogen and oxygen atoms in total. The van der Waals surface area contributed by atoms with E-state index in [0.29, 0.717) is 5.82 Å². The Morgan fingerprint density at radius 2 is 0.491 bits per heavy atom. The molecule has 0 unspecified atom stereocenters. The van der Waals surface area contributed by atoms with Crippen molar-refractivity contribution in [3.05, 3.63) is 346 Å². The van der Waals surface area contributed by atoms with Crippen molar-refractivity contribution in [2.45, 2.75) is 0 Å². The van der Waals surface area contributed by atoms with Crippen LogP contribution in [0.3, 0.4) is 0 Å². The molecule has 0 aliphatic heterocycles. The number of hydrogen-bond acceptors (Lipinski definition) is 5. The van der Waals surface area contributed by atoms with Gasteiger partial charge in [0.1, 0.15) is 33.5 Å². The van der Waals surface area contributed by atoms with Crippen molar-refractivity contribution in [2.75, 3.05) is 0 Å². The molecule has 0 saturated carbocycles. The van der Waals surface area contributed by atoms with Crippen LogP contribution in [0.15, 0.2) is 359 Å². The summed E-state index contributed by atoms with van der Waals surface area (Å²) >= 11 is 0. The van der Waals surface area contributed by atoms with Gasteiger partial charge in [-0.05, 0) is 202 Å². The Kier molecular flexibility index (Phi) is 12.4. The zero-order chi connectivity index (χ0) is 69.2. The SMILES string of the molecule is c1cc(-c2ccc3nc(-c4cccc(-n5c6ccccc6c6cc(-c7ccc8oc9ccccc9c8c7)ccc65)c4)nc(-c4ccc(-n5c6ccccc6c6cc(-c7ccc8oc9ccccc9c8c7)ccc65)cc4)c3c2)cc(-n2c3ccccc3c3cc(-c4ccc5oc6ccccc6c5c4)ccc32)c1. The van der Waals surface area contributed by atoms with Crippen LogP contribution in [0, 0.1) is 0 Å². The highest BCUT2D eigenvalue weighted by Gasteiger charge is 2.22. The maximum atomic E-state index is 6.24. The molecule has 8 heteroatoms. The molecule has 16 aromatic carbocycles. The summed E-state index contributed by atoms with van der Waals surface area (Å²) in [6.45, 7) is 0. The van der Waals surface area contributed by atoms with E-state index in [1.54, 1.807) is 0 Å². The van der Waals surface area contributed by atoms with Crippen LogP contribution in [0.25, 0.3) is 226 Å². The van der Waals surface area contributed by atoms with Gasteiger partial charge in [0.25, 0.3) is 0 Å². The third kappa shape index (κ3) is 8.95. The van der Waals surface area contributed by atoms with Crippen molar-refractivity contribution in [3.8, 4) is 84.2 Å². The van der Waals surface area contributed by atoms with E-state index in [0.717, 1.165) is 188 Å². The van der Waals surface area contributed by atoms with E-state index >= 15 is 0 Å². The molecule has 7 heterocycles. The molecule has 0 radical (unpaired) electrons. The number of furan rings is 3. The number of benzene rings is 16. The summed E-state index contributed by atoms with van der Waals surface area (Å²) < 4.78 is 25.9. The smallest absolute Gasteiger partial charge is 0.160 e. The summed E-state index contributed by atoms with van der Waals surface area (Å²) in [6.07, 6.45) is 0. The highest BCUT2D eigenvalue weighted by molar-refractivity contribution is 6.15. The predicted octanol–water partition coefficient (Wildman–Crippen LogP) is 26.6. The molecular formula is C98H57N5O3. The number of nitrogens with zero attached hydrogens (tertiary/aromatic N) is 5. The molecule has 492 valence electrons. The number of fused-ring (bicyclic) bond motifs is 19. The highest BCUT2D eigenvalue weighted by Crippen LogP contribution is 2.44. The van der Waals surface area contributed by atoms with Gasteiger partial charge in [0, 0.05) is 98.2 Å². The third-order valence-corrected chi connectivity index (χ3v) is 22.0. The lowest BCUT2D eigenvalue weighted by Gasteiger charge is -2.14. The number of hydrogen-bond donors (Lipinski definition) is 0. The number of para-hydroxylation sites is 6. The van der Waals surface area contributed by atoms with E-state index in [9.17, 15) is 0 Å². The quantitative estimate of drug-likeness (QED) is 0.144. The second kappa shape index (κ2) is 22.6. The minimum absolute atomic E-state index is 0.636. The highest BCUT2D eigenvalue weighted by atomic mass is 16.3. The normalized spacial score (nSPS) is 12.2. The molecule has 0 aliphatic carbocycles. The predicted molar refractivity (Wildman–Crippen MR) is 437 cm³/mol. The number of aromatic nitrogens is 5. The first-order chi connectivity index (χ1) is 52.5. The lowest BCUT2D eigenvalue weighted by atomic mass is 9.99. The first-order valence-corrected chi connectivity index (χ1v) is 36.0. The zero-order valence-electron chi connectivity index (χ0n) is 56.9. The maximum Gasteiger partial charge on any atom is 0.160 e. The van der Waals surface area contributed by atoms with Gasteiger partial charge >= 0.3 is 0 Å². The molecular weight excluding hydrogens is 1300 g/mol. The van der Waals surface area contributed by atoms with Crippen LogP contribution >= 0.6 is 0 Å². The molecule has 0 N–H and O–H groups in total. The Balaban J connectivity index is 0.650. The summed E-state index contributed by atoms with van der Waals surface area (Å²) in [7, 11) is 0. The van der Waals surface area contributed by atoms with Crippen molar-refractivity contribution >= 4 is 142 Å². The van der Waals surface area contributed by atoms with Crippen LogP contribution in [0.5, 0.6) is 0 Å². The summed E-state index contributed by atoms with van der Waals surface area (Å²) in [5.41, 5.74) is 27.8. The Labute approximate surface area is 605 Å². The third-order valence-electron chi connectivity index (χ3n) is 22.0. The van der Waals surface area contributed by atoms with Crippen LogP contribution in [-0.2, 0) is 0 Å². The van der Waals surface area contributed by atoms with Gasteiger partial charge in [-0.3, -0.25) is 0 Å². The number of rotatable bonds is 9. The Bertz CT molecular complexity index is 7660. The van der Waals surface area contributed by atoms with Gasteiger partial charge in [-0.25, -0.2) is 9.97 Å². The van der Waals surface area contributed by atoms with Gasteiger partial charge in [0.2, 0.25) is 0 Å². The van der Waals surface area contributed by atoms with Crippen molar-refractivity contribution in [1.82, 2.24) is 23.7 Å². The molecule has 0 spiro atoms. The Morgan fingerprint density at radius 1 is 0.179 bits per heavy atom. The van der Waals surface area contributed by atoms with E-state index in [1.165, 1.54) is 32.3 Å². The van der Waals surface area contributed by atoms with E-state index in [2.05, 4.69) is 323 Å². The molecule has 23 aromatic rings. The Hall–Kier alpha value is -14.3. The molecule has 0 aliphatic rings. The van der Waals surface area contributed by atoms with Crippen molar-refractivity contribution in [1.29, 1.82) is 0 Å². The average molecular weight is 1350 g/mol. The molecule has 0 saturated heterocycles. The van der Waals surface area contributed by atoms with E-state index in [-0.39, 0.29) is 0 Å². The molecule has 0 amide bonds. The van der Waals surface area contributed by atoms with Crippen molar-refractivity contribution in [2.24, 2.45) is 0 Å². The summed E-state index contributed by atoms with van der Waals surface area (Å²) in [5, 5.41) is 14.8. The summed E-state index contributed by atoms with van der Waals surface area (Å²) in [5.74, 6) is 0.636. The molecule has 0 fully saturated rings. The minimum Gasteiger partial charge on any atom is -0.456 e. The monoisotopic (exact) mass is 1350 g/mol. The lowest BCUT2D eigenvalue weighted by Crippen LogP contribution is -1.99. The van der Waals surface area contributed by atoms with E-state index in [1.807, 2.05) is 36.4 Å². The standard InChI is InChI=1S/C98H57N5O3/c1-7-25-85-71(19-1)77-51-61(64-37-46-94-80(54-64)74-22-4-10-28-91(74)104-94)34-43-88(77)101(85)68-40-31-58(32-41-68)97-83-57-60(59-15-13-17-69(49-59)102-86-26-8-2-20-72(86)78-52-62(35-44-89(78)102)65-38-47-95-81(55-65)75-23-5-11-29-92(75)105-95)33-42-84(83)99-98(100-97)67-16-14-18-70(50-67)103-87-27-9-3-21-73(87)79-53-63(36-45-90(79)103)66-39-48-96-82(56-66)76-24-6-12-30-93(76)106-96/h1-57H. The maximum absolute atomic E-state index is 6.24. The minimum atomic E-state index is 0.636. The summed E-state index contributed by atoms with van der Waals surface area (Å²) in [4.78, 5) is 11.2. The lowest BCUT2D eigenvalue weighted by molar-refractivity contribution is 0.668. The molecule has 0 bridgehead atoms. The first kappa shape index (κ1) is 58.3. The van der Waals surface area contributed by atoms with Crippen LogP contribution < -0.4 is 0 Å². The van der Waals surface area contributed by atoms with Crippen LogP contribution in [-0.4, -0.2) is 23.7 Å². The summed E-state index contributed by atoms with van der Waals surface area (Å²) in [6, 6.07) is 125. The van der Waals surface area contributed by atoms with E-state index < -0.39 is 0 Å². The fourth-order valence-electron chi connectivity index (χ4n) is 17.0. The largest absolute Gasteiger partial charge is 0.456 e. The fraction of sp³-hybridized carbons (Fsp3) is 0. The van der Waals surface area contributed by atoms with Gasteiger partial charge in [-0.1, -0.05) is 188 Å². The van der Waals surface area contributed by atoms with Crippen LogP contribution in [0.2, 0.25) is 0 Å². The molecule has 0 atom stereocenters. The van der Waals surface area contributed by atoms with Crippen LogP contribution in [0.1, 0.15) is 0 Å². The fourth-order valence-corrected chi connectivity index (χ4v) is 17.0. The van der Waals surface area contributed by atoms with E-state index in [4.69, 9.17) is 23.2 Å². The molecule has 7 aromatic heterocycles. The van der Waals surface area contributed by atoms with Gasteiger partial charge in [-0.2, -0.15) is 0 Å². The second-order valence-electron chi connectivity index (χ2n) is 28.0.